The average molecular weight is 389 g/mol. The van der Waals surface area contributed by atoms with E-state index in [9.17, 15) is 13.2 Å². The van der Waals surface area contributed by atoms with Crippen molar-refractivity contribution >= 4 is 44.0 Å². The lowest BCUT2D eigenvalue weighted by Crippen LogP contribution is -2.25. The summed E-state index contributed by atoms with van der Waals surface area (Å²) in [6.45, 7) is 3.63. The molecule has 2 aromatic rings. The van der Waals surface area contributed by atoms with Gasteiger partial charge in [0.15, 0.2) is 0 Å². The van der Waals surface area contributed by atoms with Crippen molar-refractivity contribution in [2.45, 2.75) is 30.5 Å². The Hall–Kier alpha value is -1.55. The zero-order chi connectivity index (χ0) is 17.7. The molecule has 0 saturated heterocycles. The van der Waals surface area contributed by atoms with E-state index in [1.165, 1.54) is 11.3 Å². The van der Waals surface area contributed by atoms with Crippen LogP contribution >= 0.6 is 22.9 Å². The molecule has 0 radical (unpaired) electrons. The van der Waals surface area contributed by atoms with E-state index in [4.69, 9.17) is 11.6 Å². The number of hydrogen-bond acceptors (Lipinski definition) is 6. The van der Waals surface area contributed by atoms with Crippen LogP contribution in [0.25, 0.3) is 0 Å². The maximum atomic E-state index is 12.1. The molecule has 2 N–H and O–H groups in total. The number of anilines is 1. The van der Waals surface area contributed by atoms with E-state index in [1.807, 2.05) is 6.92 Å². The van der Waals surface area contributed by atoms with Crippen LogP contribution in [0.2, 0.25) is 0 Å². The molecule has 24 heavy (non-hydrogen) atoms. The summed E-state index contributed by atoms with van der Waals surface area (Å²) in [4.78, 5) is 11.7. The number of aryl methyl sites for hydroxylation is 1. The minimum Gasteiger partial charge on any atom is -0.299 e. The summed E-state index contributed by atoms with van der Waals surface area (Å²) >= 11 is 6.83. The molecule has 10 heteroatoms. The van der Waals surface area contributed by atoms with Gasteiger partial charge in [-0.1, -0.05) is 29.0 Å². The van der Waals surface area contributed by atoms with Gasteiger partial charge in [-0.25, -0.2) is 13.1 Å². The molecule has 0 unspecified atom stereocenters. The molecule has 1 aromatic heterocycles. The lowest BCUT2D eigenvalue weighted by Gasteiger charge is -2.05. The van der Waals surface area contributed by atoms with Gasteiger partial charge in [0.25, 0.3) is 0 Å². The number of halogens is 1. The van der Waals surface area contributed by atoms with Gasteiger partial charge in [-0.2, -0.15) is 0 Å². The van der Waals surface area contributed by atoms with Gasteiger partial charge < -0.3 is 0 Å². The SMILES string of the molecule is Cc1ccc(S(=O)(=O)NCCc2nnc(NC(=O)[C@@H](C)Cl)s2)cc1. The molecular formula is C14H17ClN4O3S2. The molecule has 0 spiro atoms. The first kappa shape index (κ1) is 18.8. The molecule has 0 fully saturated rings. The standard InChI is InChI=1S/C14H17ClN4O3S2/c1-9-3-5-11(6-4-9)24(21,22)16-8-7-12-18-19-14(23-12)17-13(20)10(2)15/h3-6,10,16H,7-8H2,1-2H3,(H,17,19,20)/t10-/m1/s1. The summed E-state index contributed by atoms with van der Waals surface area (Å²) in [7, 11) is -3.55. The predicted molar refractivity (Wildman–Crippen MR) is 93.9 cm³/mol. The Morgan fingerprint density at radius 3 is 2.58 bits per heavy atom. The number of aromatic nitrogens is 2. The van der Waals surface area contributed by atoms with Gasteiger partial charge in [0, 0.05) is 13.0 Å². The molecule has 2 rings (SSSR count). The largest absolute Gasteiger partial charge is 0.299 e. The van der Waals surface area contributed by atoms with Crippen molar-refractivity contribution in [3.63, 3.8) is 0 Å². The third-order valence-electron chi connectivity index (χ3n) is 3.02. The van der Waals surface area contributed by atoms with Crippen LogP contribution in [0.15, 0.2) is 29.2 Å². The van der Waals surface area contributed by atoms with Crippen LogP contribution in [-0.4, -0.2) is 36.4 Å². The first-order valence-corrected chi connectivity index (χ1v) is 9.85. The number of sulfonamides is 1. The molecule has 0 aliphatic carbocycles. The zero-order valence-electron chi connectivity index (χ0n) is 13.1. The second-order valence-electron chi connectivity index (χ2n) is 5.07. The molecule has 130 valence electrons. The summed E-state index contributed by atoms with van der Waals surface area (Å²) in [6, 6.07) is 6.60. The molecule has 1 heterocycles. The van der Waals surface area contributed by atoms with E-state index < -0.39 is 15.4 Å². The van der Waals surface area contributed by atoms with Crippen LogP contribution in [0.3, 0.4) is 0 Å². The van der Waals surface area contributed by atoms with Crippen LogP contribution in [0, 0.1) is 6.92 Å². The highest BCUT2D eigenvalue weighted by Gasteiger charge is 2.15. The highest BCUT2D eigenvalue weighted by atomic mass is 35.5. The van der Waals surface area contributed by atoms with Gasteiger partial charge >= 0.3 is 0 Å². The Bertz CT molecular complexity index is 804. The summed E-state index contributed by atoms with van der Waals surface area (Å²) in [5.74, 6) is -0.362. The highest BCUT2D eigenvalue weighted by molar-refractivity contribution is 7.89. The van der Waals surface area contributed by atoms with Crippen molar-refractivity contribution in [1.29, 1.82) is 0 Å². The number of rotatable bonds is 7. The summed E-state index contributed by atoms with van der Waals surface area (Å²) in [5.41, 5.74) is 0.989. The number of alkyl halides is 1. The third kappa shape index (κ3) is 5.23. The fourth-order valence-electron chi connectivity index (χ4n) is 1.70. The van der Waals surface area contributed by atoms with E-state index in [2.05, 4.69) is 20.2 Å². The quantitative estimate of drug-likeness (QED) is 0.706. The number of carbonyl (C=O) groups is 1. The third-order valence-corrected chi connectivity index (χ3v) is 5.59. The molecular weight excluding hydrogens is 372 g/mol. The van der Waals surface area contributed by atoms with Crippen molar-refractivity contribution in [3.8, 4) is 0 Å². The van der Waals surface area contributed by atoms with Crippen LogP contribution in [0.1, 0.15) is 17.5 Å². The van der Waals surface area contributed by atoms with Crippen molar-refractivity contribution in [1.82, 2.24) is 14.9 Å². The minimum absolute atomic E-state index is 0.185. The zero-order valence-corrected chi connectivity index (χ0v) is 15.5. The molecule has 7 nitrogen and oxygen atoms in total. The maximum absolute atomic E-state index is 12.1. The van der Waals surface area contributed by atoms with Gasteiger partial charge in [0.1, 0.15) is 10.4 Å². The monoisotopic (exact) mass is 388 g/mol. The Labute approximate surface area is 149 Å². The van der Waals surface area contributed by atoms with E-state index in [0.717, 1.165) is 5.56 Å². The minimum atomic E-state index is -3.55. The van der Waals surface area contributed by atoms with Crippen molar-refractivity contribution in [3.05, 3.63) is 34.8 Å². The van der Waals surface area contributed by atoms with E-state index >= 15 is 0 Å². The highest BCUT2D eigenvalue weighted by Crippen LogP contribution is 2.16. The normalized spacial score (nSPS) is 12.8. The maximum Gasteiger partial charge on any atom is 0.243 e. The van der Waals surface area contributed by atoms with Crippen molar-refractivity contribution in [2.75, 3.05) is 11.9 Å². The second kappa shape index (κ2) is 8.02. The van der Waals surface area contributed by atoms with Crippen molar-refractivity contribution in [2.24, 2.45) is 0 Å². The molecule has 0 saturated carbocycles. The van der Waals surface area contributed by atoms with Gasteiger partial charge in [-0.05, 0) is 26.0 Å². The fraction of sp³-hybridized carbons (Fsp3) is 0.357. The average Bonchev–Trinajstić information content (AvgIpc) is 2.94. The number of amides is 1. The lowest BCUT2D eigenvalue weighted by molar-refractivity contribution is -0.115. The van der Waals surface area contributed by atoms with Gasteiger partial charge in [-0.3, -0.25) is 10.1 Å². The van der Waals surface area contributed by atoms with E-state index in [-0.39, 0.29) is 17.3 Å². The topological polar surface area (TPSA) is 101 Å². The van der Waals surface area contributed by atoms with E-state index in [1.54, 1.807) is 31.2 Å². The number of nitrogens with zero attached hydrogens (tertiary/aromatic N) is 2. The summed E-state index contributed by atoms with van der Waals surface area (Å²) < 4.78 is 26.8. The van der Waals surface area contributed by atoms with Crippen molar-refractivity contribution < 1.29 is 13.2 Å². The predicted octanol–water partition coefficient (Wildman–Crippen LogP) is 1.93. The first-order valence-electron chi connectivity index (χ1n) is 7.11. The van der Waals surface area contributed by atoms with Gasteiger partial charge in [0.2, 0.25) is 21.1 Å². The molecule has 1 amide bonds. The molecule has 1 aromatic carbocycles. The number of hydrogen-bond donors (Lipinski definition) is 2. The van der Waals surface area contributed by atoms with Crippen LogP contribution in [0.5, 0.6) is 0 Å². The molecule has 0 aliphatic heterocycles. The lowest BCUT2D eigenvalue weighted by atomic mass is 10.2. The molecule has 0 bridgehead atoms. The molecule has 0 aliphatic rings. The fourth-order valence-corrected chi connectivity index (χ4v) is 3.53. The Morgan fingerprint density at radius 1 is 1.29 bits per heavy atom. The van der Waals surface area contributed by atoms with Crippen LogP contribution in [0.4, 0.5) is 5.13 Å². The number of carbonyl (C=O) groups excluding carboxylic acids is 1. The Morgan fingerprint density at radius 2 is 1.96 bits per heavy atom. The number of nitrogens with one attached hydrogen (secondary N) is 2. The van der Waals surface area contributed by atoms with Crippen LogP contribution < -0.4 is 10.0 Å². The summed E-state index contributed by atoms with van der Waals surface area (Å²) in [5, 5.41) is 10.5. The number of benzene rings is 1. The first-order chi connectivity index (χ1) is 11.3. The van der Waals surface area contributed by atoms with E-state index in [0.29, 0.717) is 16.6 Å². The molecule has 1 atom stereocenters. The smallest absolute Gasteiger partial charge is 0.243 e. The Kier molecular flexibility index (Phi) is 6.27. The van der Waals surface area contributed by atoms with Crippen LogP contribution in [-0.2, 0) is 21.2 Å². The second-order valence-corrected chi connectivity index (χ2v) is 8.55. The Balaban J connectivity index is 1.89. The van der Waals surface area contributed by atoms with Gasteiger partial charge in [0.05, 0.1) is 4.90 Å². The summed E-state index contributed by atoms with van der Waals surface area (Å²) in [6.07, 6.45) is 0.370. The van der Waals surface area contributed by atoms with Gasteiger partial charge in [-0.15, -0.1) is 21.8 Å².